The summed E-state index contributed by atoms with van der Waals surface area (Å²) in [7, 11) is 1.64. The number of methoxy groups -OCH3 is 1. The standard InChI is InChI=1S/C13H18N2O3/c1-16-7-8-17-5-2-6-18-12-4-3-11(10-14)13(15)9-12/h3-4,9H,2,5-8,15H2,1H3. The second kappa shape index (κ2) is 8.34. The minimum atomic E-state index is 0.436. The SMILES string of the molecule is COCCOCCCOc1ccc(C#N)c(N)c1. The second-order valence-electron chi connectivity index (χ2n) is 3.67. The monoisotopic (exact) mass is 250 g/mol. The first-order valence-corrected chi connectivity index (χ1v) is 5.77. The molecule has 0 unspecified atom stereocenters. The normalized spacial score (nSPS) is 10.0. The third-order valence-corrected chi connectivity index (χ3v) is 2.28. The molecule has 1 rings (SSSR count). The van der Waals surface area contributed by atoms with E-state index in [0.29, 0.717) is 43.4 Å². The van der Waals surface area contributed by atoms with Gasteiger partial charge in [-0.2, -0.15) is 5.26 Å². The highest BCUT2D eigenvalue weighted by Crippen LogP contribution is 2.19. The number of anilines is 1. The molecule has 0 fully saturated rings. The van der Waals surface area contributed by atoms with Crippen molar-refractivity contribution < 1.29 is 14.2 Å². The van der Waals surface area contributed by atoms with Gasteiger partial charge in [0.1, 0.15) is 11.8 Å². The summed E-state index contributed by atoms with van der Waals surface area (Å²) < 4.78 is 15.6. The van der Waals surface area contributed by atoms with Crippen LogP contribution in [0.3, 0.4) is 0 Å². The molecular weight excluding hydrogens is 232 g/mol. The van der Waals surface area contributed by atoms with Crippen LogP contribution in [0, 0.1) is 11.3 Å². The molecule has 0 aliphatic heterocycles. The van der Waals surface area contributed by atoms with Crippen molar-refractivity contribution in [2.24, 2.45) is 0 Å². The van der Waals surface area contributed by atoms with Crippen LogP contribution in [0.15, 0.2) is 18.2 Å². The highest BCUT2D eigenvalue weighted by atomic mass is 16.5. The molecule has 0 spiro atoms. The van der Waals surface area contributed by atoms with Gasteiger partial charge in [-0.05, 0) is 12.1 Å². The number of nitriles is 1. The summed E-state index contributed by atoms with van der Waals surface area (Å²) in [6.07, 6.45) is 0.795. The number of nitrogen functional groups attached to an aromatic ring is 1. The van der Waals surface area contributed by atoms with Crippen LogP contribution in [0.5, 0.6) is 5.75 Å². The van der Waals surface area contributed by atoms with Gasteiger partial charge in [0, 0.05) is 26.2 Å². The fraction of sp³-hybridized carbons (Fsp3) is 0.462. The van der Waals surface area contributed by atoms with Crippen molar-refractivity contribution in [3.63, 3.8) is 0 Å². The minimum Gasteiger partial charge on any atom is -0.493 e. The zero-order valence-corrected chi connectivity index (χ0v) is 10.5. The quantitative estimate of drug-likeness (QED) is 0.559. The van der Waals surface area contributed by atoms with Gasteiger partial charge in [0.2, 0.25) is 0 Å². The van der Waals surface area contributed by atoms with Crippen LogP contribution in [0.1, 0.15) is 12.0 Å². The maximum Gasteiger partial charge on any atom is 0.121 e. The topological polar surface area (TPSA) is 77.5 Å². The number of hydrogen-bond donors (Lipinski definition) is 1. The Kier molecular flexibility index (Phi) is 6.62. The van der Waals surface area contributed by atoms with Gasteiger partial charge in [-0.1, -0.05) is 0 Å². The van der Waals surface area contributed by atoms with Crippen molar-refractivity contribution in [3.8, 4) is 11.8 Å². The molecule has 0 heterocycles. The van der Waals surface area contributed by atoms with Crippen LogP contribution >= 0.6 is 0 Å². The Hall–Kier alpha value is -1.77. The van der Waals surface area contributed by atoms with E-state index in [9.17, 15) is 0 Å². The maximum atomic E-state index is 8.73. The predicted octanol–water partition coefficient (Wildman–Crippen LogP) is 1.57. The fourth-order valence-electron chi connectivity index (χ4n) is 1.33. The van der Waals surface area contributed by atoms with Crippen molar-refractivity contribution in [1.82, 2.24) is 0 Å². The van der Waals surface area contributed by atoms with Gasteiger partial charge in [0.25, 0.3) is 0 Å². The van der Waals surface area contributed by atoms with E-state index in [1.807, 2.05) is 6.07 Å². The molecule has 0 bridgehead atoms. The lowest BCUT2D eigenvalue weighted by atomic mass is 10.2. The highest BCUT2D eigenvalue weighted by Gasteiger charge is 2.00. The van der Waals surface area contributed by atoms with Gasteiger partial charge in [-0.25, -0.2) is 0 Å². The number of benzene rings is 1. The number of nitrogens with zero attached hydrogens (tertiary/aromatic N) is 1. The van der Waals surface area contributed by atoms with Gasteiger partial charge < -0.3 is 19.9 Å². The second-order valence-corrected chi connectivity index (χ2v) is 3.67. The average molecular weight is 250 g/mol. The summed E-state index contributed by atoms with van der Waals surface area (Å²) in [6.45, 7) is 2.39. The molecule has 18 heavy (non-hydrogen) atoms. The third-order valence-electron chi connectivity index (χ3n) is 2.28. The molecule has 98 valence electrons. The summed E-state index contributed by atoms with van der Waals surface area (Å²) in [5.74, 6) is 0.670. The minimum absolute atomic E-state index is 0.436. The van der Waals surface area contributed by atoms with Crippen LogP contribution in [0.2, 0.25) is 0 Å². The first-order chi connectivity index (χ1) is 8.77. The molecule has 5 nitrogen and oxygen atoms in total. The lowest BCUT2D eigenvalue weighted by Crippen LogP contribution is -2.07. The van der Waals surface area contributed by atoms with Crippen molar-refractivity contribution >= 4 is 5.69 Å². The van der Waals surface area contributed by atoms with E-state index in [1.165, 1.54) is 0 Å². The molecule has 0 saturated heterocycles. The number of hydrogen-bond acceptors (Lipinski definition) is 5. The Morgan fingerprint density at radius 1 is 1.22 bits per heavy atom. The largest absolute Gasteiger partial charge is 0.493 e. The Balaban J connectivity index is 2.20. The van der Waals surface area contributed by atoms with Gasteiger partial charge in [-0.15, -0.1) is 0 Å². The number of rotatable bonds is 8. The number of ether oxygens (including phenoxy) is 3. The molecule has 0 aliphatic rings. The molecular formula is C13H18N2O3. The Morgan fingerprint density at radius 3 is 2.72 bits per heavy atom. The van der Waals surface area contributed by atoms with Crippen LogP contribution < -0.4 is 10.5 Å². The average Bonchev–Trinajstić information content (AvgIpc) is 2.38. The van der Waals surface area contributed by atoms with Crippen LogP contribution in [-0.2, 0) is 9.47 Å². The lowest BCUT2D eigenvalue weighted by Gasteiger charge is -2.08. The van der Waals surface area contributed by atoms with E-state index >= 15 is 0 Å². The molecule has 0 radical (unpaired) electrons. The fourth-order valence-corrected chi connectivity index (χ4v) is 1.33. The van der Waals surface area contributed by atoms with E-state index in [-0.39, 0.29) is 0 Å². The van der Waals surface area contributed by atoms with Gasteiger partial charge in [0.05, 0.1) is 31.1 Å². The van der Waals surface area contributed by atoms with Crippen molar-refractivity contribution in [2.45, 2.75) is 6.42 Å². The first kappa shape index (κ1) is 14.3. The smallest absolute Gasteiger partial charge is 0.121 e. The molecule has 0 saturated carbocycles. The van der Waals surface area contributed by atoms with E-state index in [0.717, 1.165) is 6.42 Å². The van der Waals surface area contributed by atoms with Crippen molar-refractivity contribution in [1.29, 1.82) is 5.26 Å². The van der Waals surface area contributed by atoms with Crippen LogP contribution in [0.4, 0.5) is 5.69 Å². The summed E-state index contributed by atoms with van der Waals surface area (Å²) in [4.78, 5) is 0. The zero-order chi connectivity index (χ0) is 13.2. The first-order valence-electron chi connectivity index (χ1n) is 5.77. The molecule has 2 N–H and O–H groups in total. The van der Waals surface area contributed by atoms with E-state index in [4.69, 9.17) is 25.2 Å². The van der Waals surface area contributed by atoms with Crippen molar-refractivity contribution in [2.75, 3.05) is 39.3 Å². The molecule has 1 aromatic rings. The van der Waals surface area contributed by atoms with Crippen LogP contribution in [-0.4, -0.2) is 33.5 Å². The van der Waals surface area contributed by atoms with E-state index in [1.54, 1.807) is 25.3 Å². The summed E-state index contributed by atoms with van der Waals surface area (Å²) in [5.41, 5.74) is 6.58. The third kappa shape index (κ3) is 5.04. The van der Waals surface area contributed by atoms with E-state index in [2.05, 4.69) is 0 Å². The molecule has 0 atom stereocenters. The Bertz CT molecular complexity index is 402. The molecule has 0 aliphatic carbocycles. The summed E-state index contributed by atoms with van der Waals surface area (Å²) in [5, 5.41) is 8.73. The molecule has 1 aromatic carbocycles. The summed E-state index contributed by atoms with van der Waals surface area (Å²) >= 11 is 0. The zero-order valence-electron chi connectivity index (χ0n) is 10.5. The summed E-state index contributed by atoms with van der Waals surface area (Å²) in [6, 6.07) is 7.05. The Morgan fingerprint density at radius 2 is 2.06 bits per heavy atom. The lowest BCUT2D eigenvalue weighted by molar-refractivity contribution is 0.0644. The van der Waals surface area contributed by atoms with Gasteiger partial charge in [0.15, 0.2) is 0 Å². The van der Waals surface area contributed by atoms with Crippen LogP contribution in [0.25, 0.3) is 0 Å². The Labute approximate surface area is 107 Å². The molecule has 0 amide bonds. The maximum absolute atomic E-state index is 8.73. The highest BCUT2D eigenvalue weighted by molar-refractivity contribution is 5.56. The van der Waals surface area contributed by atoms with Gasteiger partial charge >= 0.3 is 0 Å². The van der Waals surface area contributed by atoms with Gasteiger partial charge in [-0.3, -0.25) is 0 Å². The molecule has 5 heteroatoms. The van der Waals surface area contributed by atoms with Crippen molar-refractivity contribution in [3.05, 3.63) is 23.8 Å². The number of nitrogens with two attached hydrogens (primary N) is 1. The van der Waals surface area contributed by atoms with E-state index < -0.39 is 0 Å². The molecule has 0 aromatic heterocycles. The predicted molar refractivity (Wildman–Crippen MR) is 68.4 cm³/mol.